The highest BCUT2D eigenvalue weighted by molar-refractivity contribution is 4.91. The third-order valence-electron chi connectivity index (χ3n) is 5.26. The van der Waals surface area contributed by atoms with E-state index in [0.29, 0.717) is 11.5 Å². The van der Waals surface area contributed by atoms with Gasteiger partial charge >= 0.3 is 0 Å². The highest BCUT2D eigenvalue weighted by Crippen LogP contribution is 2.39. The highest BCUT2D eigenvalue weighted by atomic mass is 16.3. The first-order valence-electron chi connectivity index (χ1n) is 8.59. The van der Waals surface area contributed by atoms with E-state index in [9.17, 15) is 5.11 Å². The number of aliphatic hydroxyl groups is 1. The van der Waals surface area contributed by atoms with Gasteiger partial charge in [-0.25, -0.2) is 0 Å². The maximum atomic E-state index is 10.2. The summed E-state index contributed by atoms with van der Waals surface area (Å²) >= 11 is 0. The highest BCUT2D eigenvalue weighted by Gasteiger charge is 2.36. The van der Waals surface area contributed by atoms with Crippen LogP contribution in [0.15, 0.2) is 0 Å². The molecule has 2 aliphatic rings. The second-order valence-electron chi connectivity index (χ2n) is 7.87. The van der Waals surface area contributed by atoms with Gasteiger partial charge in [0.15, 0.2) is 0 Å². The Morgan fingerprint density at radius 2 is 1.75 bits per heavy atom. The summed E-state index contributed by atoms with van der Waals surface area (Å²) in [5.41, 5.74) is 0.0498. The maximum absolute atomic E-state index is 10.2. The predicted octanol–water partition coefficient (Wildman–Crippen LogP) is 2.78. The number of likely N-dealkylation sites (tertiary alicyclic amines) is 1. The molecule has 2 rings (SSSR count). The van der Waals surface area contributed by atoms with E-state index < -0.39 is 5.60 Å². The van der Waals surface area contributed by atoms with Gasteiger partial charge in [0.05, 0.1) is 5.60 Å². The number of nitrogens with zero attached hydrogens (tertiary/aromatic N) is 1. The summed E-state index contributed by atoms with van der Waals surface area (Å²) in [4.78, 5) is 2.62. The molecular weight excluding hydrogens is 248 g/mol. The first kappa shape index (κ1) is 16.3. The van der Waals surface area contributed by atoms with Crippen LogP contribution in [0.5, 0.6) is 0 Å². The molecule has 0 radical (unpaired) electrons. The largest absolute Gasteiger partial charge is 0.390 e. The van der Waals surface area contributed by atoms with E-state index in [2.05, 4.69) is 24.1 Å². The van der Waals surface area contributed by atoms with Crippen molar-refractivity contribution in [1.82, 2.24) is 10.2 Å². The molecule has 20 heavy (non-hydrogen) atoms. The molecule has 1 heterocycles. The van der Waals surface area contributed by atoms with Crippen LogP contribution in [0, 0.1) is 5.41 Å². The third kappa shape index (κ3) is 4.71. The number of hydrogen-bond donors (Lipinski definition) is 2. The molecule has 1 saturated heterocycles. The molecule has 1 saturated carbocycles. The van der Waals surface area contributed by atoms with E-state index in [1.165, 1.54) is 38.8 Å². The molecule has 1 unspecified atom stereocenters. The van der Waals surface area contributed by atoms with E-state index >= 15 is 0 Å². The van der Waals surface area contributed by atoms with Gasteiger partial charge in [-0.05, 0) is 51.0 Å². The van der Waals surface area contributed by atoms with Crippen molar-refractivity contribution in [1.29, 1.82) is 0 Å². The summed E-state index contributed by atoms with van der Waals surface area (Å²) in [6, 6.07) is 0.581. The third-order valence-corrected chi connectivity index (χ3v) is 5.26. The molecule has 2 fully saturated rings. The minimum absolute atomic E-state index is 0.437. The molecule has 1 atom stereocenters. The van der Waals surface area contributed by atoms with Crippen molar-refractivity contribution < 1.29 is 5.11 Å². The fourth-order valence-electron chi connectivity index (χ4n) is 3.89. The van der Waals surface area contributed by atoms with Crippen LogP contribution in [0.1, 0.15) is 65.7 Å². The Kier molecular flexibility index (Phi) is 5.49. The van der Waals surface area contributed by atoms with Crippen molar-refractivity contribution in [2.24, 2.45) is 5.41 Å². The summed E-state index contributed by atoms with van der Waals surface area (Å²) in [5, 5.41) is 13.9. The Morgan fingerprint density at radius 1 is 1.05 bits per heavy atom. The lowest BCUT2D eigenvalue weighted by molar-refractivity contribution is 0.0426. The molecule has 1 aliphatic carbocycles. The van der Waals surface area contributed by atoms with Crippen LogP contribution >= 0.6 is 0 Å². The van der Waals surface area contributed by atoms with Gasteiger partial charge in [-0.1, -0.05) is 26.7 Å². The molecular formula is C17H34N2O. The second kappa shape index (κ2) is 6.76. The Balaban J connectivity index is 1.90. The number of nitrogens with one attached hydrogen (secondary N) is 1. The lowest BCUT2D eigenvalue weighted by Gasteiger charge is -2.36. The molecule has 0 aromatic carbocycles. The molecule has 0 amide bonds. The standard InChI is InChI=1S/C17H34N2O/c1-15(2)18-13-17(8-4-5-9-17)14-19-11-6-7-16(3,20)10-12-19/h15,18,20H,4-14H2,1-3H3. The van der Waals surface area contributed by atoms with Crippen molar-refractivity contribution in [3.05, 3.63) is 0 Å². The van der Waals surface area contributed by atoms with Gasteiger partial charge in [0.25, 0.3) is 0 Å². The van der Waals surface area contributed by atoms with Crippen molar-refractivity contribution in [3.8, 4) is 0 Å². The van der Waals surface area contributed by atoms with Crippen molar-refractivity contribution in [3.63, 3.8) is 0 Å². The zero-order chi connectivity index (χ0) is 14.6. The maximum Gasteiger partial charge on any atom is 0.0632 e. The lowest BCUT2D eigenvalue weighted by atomic mass is 9.85. The fourth-order valence-corrected chi connectivity index (χ4v) is 3.89. The molecule has 0 bridgehead atoms. The molecule has 118 valence electrons. The van der Waals surface area contributed by atoms with Gasteiger partial charge in [0.1, 0.15) is 0 Å². The summed E-state index contributed by atoms with van der Waals surface area (Å²) in [7, 11) is 0. The van der Waals surface area contributed by atoms with Gasteiger partial charge in [-0.2, -0.15) is 0 Å². The molecule has 3 nitrogen and oxygen atoms in total. The SMILES string of the molecule is CC(C)NCC1(CN2CCCC(C)(O)CC2)CCCC1. The normalized spacial score (nSPS) is 31.6. The van der Waals surface area contributed by atoms with Crippen molar-refractivity contribution in [2.45, 2.75) is 77.4 Å². The van der Waals surface area contributed by atoms with Crippen LogP contribution < -0.4 is 5.32 Å². The minimum Gasteiger partial charge on any atom is -0.390 e. The van der Waals surface area contributed by atoms with Gasteiger partial charge in [0, 0.05) is 25.7 Å². The fraction of sp³-hybridized carbons (Fsp3) is 1.00. The predicted molar refractivity (Wildman–Crippen MR) is 85.0 cm³/mol. The second-order valence-corrected chi connectivity index (χ2v) is 7.87. The molecule has 3 heteroatoms. The summed E-state index contributed by atoms with van der Waals surface area (Å²) in [6.45, 7) is 11.1. The summed E-state index contributed by atoms with van der Waals surface area (Å²) in [5.74, 6) is 0. The van der Waals surface area contributed by atoms with E-state index in [1.807, 2.05) is 6.92 Å². The molecule has 2 N–H and O–H groups in total. The molecule has 1 aliphatic heterocycles. The van der Waals surface area contributed by atoms with Gasteiger partial charge in [0.2, 0.25) is 0 Å². The average molecular weight is 282 g/mol. The van der Waals surface area contributed by atoms with Crippen LogP contribution in [0.25, 0.3) is 0 Å². The van der Waals surface area contributed by atoms with Crippen LogP contribution in [-0.2, 0) is 0 Å². The number of hydrogen-bond acceptors (Lipinski definition) is 3. The van der Waals surface area contributed by atoms with Crippen LogP contribution in [0.4, 0.5) is 0 Å². The zero-order valence-electron chi connectivity index (χ0n) is 13.7. The lowest BCUT2D eigenvalue weighted by Crippen LogP contribution is -2.44. The first-order chi connectivity index (χ1) is 9.41. The van der Waals surface area contributed by atoms with E-state index in [0.717, 1.165) is 32.4 Å². The van der Waals surface area contributed by atoms with Gasteiger partial charge in [-0.15, -0.1) is 0 Å². The summed E-state index contributed by atoms with van der Waals surface area (Å²) in [6.07, 6.45) is 8.57. The first-order valence-corrected chi connectivity index (χ1v) is 8.59. The minimum atomic E-state index is -0.437. The monoisotopic (exact) mass is 282 g/mol. The van der Waals surface area contributed by atoms with E-state index in [4.69, 9.17) is 0 Å². The molecule has 0 spiro atoms. The van der Waals surface area contributed by atoms with Crippen molar-refractivity contribution >= 4 is 0 Å². The van der Waals surface area contributed by atoms with Gasteiger partial charge < -0.3 is 15.3 Å². The molecule has 0 aromatic rings. The summed E-state index contributed by atoms with van der Waals surface area (Å²) < 4.78 is 0. The van der Waals surface area contributed by atoms with Crippen molar-refractivity contribution in [2.75, 3.05) is 26.2 Å². The Morgan fingerprint density at radius 3 is 2.40 bits per heavy atom. The Hall–Kier alpha value is -0.120. The van der Waals surface area contributed by atoms with Crippen LogP contribution in [0.3, 0.4) is 0 Å². The number of rotatable bonds is 5. The van der Waals surface area contributed by atoms with Crippen LogP contribution in [0.2, 0.25) is 0 Å². The molecule has 0 aromatic heterocycles. The van der Waals surface area contributed by atoms with E-state index in [-0.39, 0.29) is 0 Å². The Bertz CT molecular complexity index is 295. The smallest absolute Gasteiger partial charge is 0.0632 e. The van der Waals surface area contributed by atoms with E-state index in [1.54, 1.807) is 0 Å². The van der Waals surface area contributed by atoms with Gasteiger partial charge in [-0.3, -0.25) is 0 Å². The van der Waals surface area contributed by atoms with Crippen LogP contribution in [-0.4, -0.2) is 47.8 Å². The Labute approximate surface area is 125 Å². The average Bonchev–Trinajstić information content (AvgIpc) is 2.75. The quantitative estimate of drug-likeness (QED) is 0.814. The topological polar surface area (TPSA) is 35.5 Å². The zero-order valence-corrected chi connectivity index (χ0v) is 13.7.